The normalized spacial score (nSPS) is 12.2. The van der Waals surface area contributed by atoms with Crippen molar-refractivity contribution in [3.63, 3.8) is 0 Å². The highest BCUT2D eigenvalue weighted by Crippen LogP contribution is 2.07. The van der Waals surface area contributed by atoms with Crippen LogP contribution >= 0.6 is 0 Å². The Morgan fingerprint density at radius 3 is 2.82 bits per heavy atom. The van der Waals surface area contributed by atoms with Gasteiger partial charge in [0.15, 0.2) is 0 Å². The second kappa shape index (κ2) is 6.20. The van der Waals surface area contributed by atoms with Crippen LogP contribution in [-0.2, 0) is 11.3 Å². The molecule has 0 fully saturated rings. The lowest BCUT2D eigenvalue weighted by molar-refractivity contribution is -0.122. The van der Waals surface area contributed by atoms with Crippen LogP contribution in [0.1, 0.15) is 24.3 Å². The number of carbonyl (C=O) groups is 1. The molecule has 0 aliphatic rings. The van der Waals surface area contributed by atoms with Crippen LogP contribution in [0.4, 0.5) is 0 Å². The lowest BCUT2D eigenvalue weighted by Gasteiger charge is -2.11. The van der Waals surface area contributed by atoms with Gasteiger partial charge in [0, 0.05) is 6.54 Å². The Balaban J connectivity index is 2.39. The maximum atomic E-state index is 11.5. The molecule has 0 saturated carbocycles. The van der Waals surface area contributed by atoms with E-state index in [1.54, 1.807) is 13.0 Å². The molecule has 1 atom stereocenters. The molecule has 0 bridgehead atoms. The van der Waals surface area contributed by atoms with Gasteiger partial charge in [0.2, 0.25) is 11.8 Å². The smallest absolute Gasteiger partial charge is 0.237 e. The number of amides is 1. The highest BCUT2D eigenvalue weighted by Gasteiger charge is 2.12. The highest BCUT2D eigenvalue weighted by molar-refractivity contribution is 5.81. The van der Waals surface area contributed by atoms with Gasteiger partial charge in [-0.05, 0) is 20.8 Å². The SMILES string of the molecule is C=CCNC(=O)C(C)NCc1nc(C)c(C)o1. The molecule has 1 amide bonds. The average molecular weight is 237 g/mol. The first-order chi connectivity index (χ1) is 8.04. The predicted octanol–water partition coefficient (Wildman–Crippen LogP) is 1.07. The van der Waals surface area contributed by atoms with Crippen LogP contribution in [0, 0.1) is 13.8 Å². The van der Waals surface area contributed by atoms with Crippen molar-refractivity contribution in [2.45, 2.75) is 33.4 Å². The highest BCUT2D eigenvalue weighted by atomic mass is 16.4. The topological polar surface area (TPSA) is 67.2 Å². The van der Waals surface area contributed by atoms with Gasteiger partial charge in [-0.3, -0.25) is 10.1 Å². The van der Waals surface area contributed by atoms with Gasteiger partial charge in [-0.15, -0.1) is 6.58 Å². The zero-order chi connectivity index (χ0) is 12.8. The van der Waals surface area contributed by atoms with E-state index in [9.17, 15) is 4.79 Å². The van der Waals surface area contributed by atoms with Gasteiger partial charge in [0.25, 0.3) is 0 Å². The van der Waals surface area contributed by atoms with Crippen molar-refractivity contribution in [3.05, 3.63) is 30.0 Å². The summed E-state index contributed by atoms with van der Waals surface area (Å²) in [6.45, 7) is 10.0. The molecule has 1 heterocycles. The van der Waals surface area contributed by atoms with E-state index in [0.29, 0.717) is 19.0 Å². The summed E-state index contributed by atoms with van der Waals surface area (Å²) in [5.74, 6) is 1.35. The number of aromatic nitrogens is 1. The Morgan fingerprint density at radius 1 is 1.59 bits per heavy atom. The zero-order valence-electron chi connectivity index (χ0n) is 10.5. The first-order valence-corrected chi connectivity index (χ1v) is 5.59. The van der Waals surface area contributed by atoms with E-state index >= 15 is 0 Å². The Labute approximate surface area is 101 Å². The first kappa shape index (κ1) is 13.4. The lowest BCUT2D eigenvalue weighted by Crippen LogP contribution is -2.41. The van der Waals surface area contributed by atoms with Crippen molar-refractivity contribution in [1.82, 2.24) is 15.6 Å². The number of rotatable bonds is 6. The van der Waals surface area contributed by atoms with Crippen molar-refractivity contribution >= 4 is 5.91 Å². The molecular formula is C12H19N3O2. The molecule has 0 aromatic carbocycles. The molecule has 2 N–H and O–H groups in total. The van der Waals surface area contributed by atoms with Crippen LogP contribution in [0.25, 0.3) is 0 Å². The van der Waals surface area contributed by atoms with Crippen molar-refractivity contribution in [3.8, 4) is 0 Å². The minimum atomic E-state index is -0.289. The third kappa shape index (κ3) is 4.03. The Kier molecular flexibility index (Phi) is 4.90. The molecule has 0 saturated heterocycles. The molecule has 17 heavy (non-hydrogen) atoms. The molecule has 1 rings (SSSR count). The average Bonchev–Trinajstić information content (AvgIpc) is 2.62. The van der Waals surface area contributed by atoms with Gasteiger partial charge in [0.05, 0.1) is 18.3 Å². The molecule has 1 aromatic rings. The van der Waals surface area contributed by atoms with Crippen LogP contribution in [0.2, 0.25) is 0 Å². The maximum absolute atomic E-state index is 11.5. The minimum absolute atomic E-state index is 0.0649. The molecule has 5 nitrogen and oxygen atoms in total. The summed E-state index contributed by atoms with van der Waals surface area (Å²) in [7, 11) is 0. The monoisotopic (exact) mass is 237 g/mol. The van der Waals surface area contributed by atoms with Gasteiger partial charge in [-0.2, -0.15) is 0 Å². The van der Waals surface area contributed by atoms with Gasteiger partial charge in [-0.25, -0.2) is 4.98 Å². The van der Waals surface area contributed by atoms with Crippen LogP contribution < -0.4 is 10.6 Å². The molecule has 5 heteroatoms. The fraction of sp³-hybridized carbons (Fsp3) is 0.500. The molecule has 1 aromatic heterocycles. The second-order valence-electron chi connectivity index (χ2n) is 3.89. The second-order valence-corrected chi connectivity index (χ2v) is 3.89. The van der Waals surface area contributed by atoms with Crippen molar-refractivity contribution < 1.29 is 9.21 Å². The fourth-order valence-electron chi connectivity index (χ4n) is 1.27. The van der Waals surface area contributed by atoms with Gasteiger partial charge >= 0.3 is 0 Å². The lowest BCUT2D eigenvalue weighted by atomic mass is 10.3. The third-order valence-electron chi connectivity index (χ3n) is 2.45. The number of aryl methyl sites for hydroxylation is 2. The van der Waals surface area contributed by atoms with Gasteiger partial charge in [0.1, 0.15) is 5.76 Å². The van der Waals surface area contributed by atoms with E-state index in [4.69, 9.17) is 4.42 Å². The summed E-state index contributed by atoms with van der Waals surface area (Å²) in [5, 5.41) is 5.76. The number of hydrogen-bond donors (Lipinski definition) is 2. The third-order valence-corrected chi connectivity index (χ3v) is 2.45. The van der Waals surface area contributed by atoms with Gasteiger partial charge < -0.3 is 9.73 Å². The number of carbonyl (C=O) groups excluding carboxylic acids is 1. The van der Waals surface area contributed by atoms with Crippen LogP contribution in [0.3, 0.4) is 0 Å². The molecule has 94 valence electrons. The molecule has 0 aliphatic heterocycles. The minimum Gasteiger partial charge on any atom is -0.444 e. The predicted molar refractivity (Wildman–Crippen MR) is 65.5 cm³/mol. The quantitative estimate of drug-likeness (QED) is 0.726. The van der Waals surface area contributed by atoms with E-state index in [0.717, 1.165) is 11.5 Å². The standard InChI is InChI=1S/C12H19N3O2/c1-5-6-13-12(16)9(3)14-7-11-15-8(2)10(4)17-11/h5,9,14H,1,6-7H2,2-4H3,(H,13,16). The summed E-state index contributed by atoms with van der Waals surface area (Å²) in [6, 6.07) is -0.289. The van der Waals surface area contributed by atoms with Crippen LogP contribution in [-0.4, -0.2) is 23.5 Å². The Morgan fingerprint density at radius 2 is 2.29 bits per heavy atom. The summed E-state index contributed by atoms with van der Waals surface area (Å²) in [5.41, 5.74) is 0.880. The maximum Gasteiger partial charge on any atom is 0.237 e. The van der Waals surface area contributed by atoms with Crippen molar-refractivity contribution in [2.75, 3.05) is 6.54 Å². The van der Waals surface area contributed by atoms with Crippen molar-refractivity contribution in [1.29, 1.82) is 0 Å². The first-order valence-electron chi connectivity index (χ1n) is 5.59. The summed E-state index contributed by atoms with van der Waals surface area (Å²) in [4.78, 5) is 15.7. The van der Waals surface area contributed by atoms with Crippen LogP contribution in [0.15, 0.2) is 17.1 Å². The molecule has 0 spiro atoms. The fourth-order valence-corrected chi connectivity index (χ4v) is 1.27. The summed E-state index contributed by atoms with van der Waals surface area (Å²) < 4.78 is 5.40. The number of nitrogens with zero attached hydrogens (tertiary/aromatic N) is 1. The van der Waals surface area contributed by atoms with E-state index in [1.165, 1.54) is 0 Å². The largest absolute Gasteiger partial charge is 0.444 e. The zero-order valence-corrected chi connectivity index (χ0v) is 10.5. The van der Waals surface area contributed by atoms with E-state index in [-0.39, 0.29) is 11.9 Å². The van der Waals surface area contributed by atoms with E-state index in [2.05, 4.69) is 22.2 Å². The van der Waals surface area contributed by atoms with Crippen LogP contribution in [0.5, 0.6) is 0 Å². The summed E-state index contributed by atoms with van der Waals surface area (Å²) >= 11 is 0. The Hall–Kier alpha value is -1.62. The summed E-state index contributed by atoms with van der Waals surface area (Å²) in [6.07, 6.45) is 1.64. The molecule has 0 radical (unpaired) electrons. The Bertz CT molecular complexity index is 379. The number of hydrogen-bond acceptors (Lipinski definition) is 4. The van der Waals surface area contributed by atoms with Crippen molar-refractivity contribution in [2.24, 2.45) is 0 Å². The van der Waals surface area contributed by atoms with E-state index < -0.39 is 0 Å². The number of oxazole rings is 1. The molecular weight excluding hydrogens is 218 g/mol. The molecule has 0 aliphatic carbocycles. The molecule has 1 unspecified atom stereocenters. The van der Waals surface area contributed by atoms with Gasteiger partial charge in [-0.1, -0.05) is 6.08 Å². The van der Waals surface area contributed by atoms with E-state index in [1.807, 2.05) is 13.8 Å². The number of nitrogens with one attached hydrogen (secondary N) is 2.